The number of furan rings is 1. The SMILES string of the molecule is Cc1ccoc1C(=O)NC[C@H]1CCc2nccn2C1. The van der Waals surface area contributed by atoms with Crippen molar-refractivity contribution in [2.24, 2.45) is 5.92 Å². The van der Waals surface area contributed by atoms with Gasteiger partial charge in [-0.05, 0) is 25.3 Å². The number of carbonyl (C=O) groups is 1. The second-order valence-corrected chi connectivity index (χ2v) is 5.04. The van der Waals surface area contributed by atoms with Crippen molar-refractivity contribution in [1.29, 1.82) is 0 Å². The molecule has 3 rings (SSSR count). The van der Waals surface area contributed by atoms with Gasteiger partial charge < -0.3 is 14.3 Å². The molecule has 1 amide bonds. The molecule has 0 saturated heterocycles. The van der Waals surface area contributed by atoms with Gasteiger partial charge in [-0.15, -0.1) is 0 Å². The van der Waals surface area contributed by atoms with Crippen LogP contribution in [0.3, 0.4) is 0 Å². The van der Waals surface area contributed by atoms with Crippen molar-refractivity contribution in [2.45, 2.75) is 26.3 Å². The van der Waals surface area contributed by atoms with Crippen molar-refractivity contribution in [3.05, 3.63) is 41.9 Å². The van der Waals surface area contributed by atoms with Crippen LogP contribution in [0.1, 0.15) is 28.4 Å². The van der Waals surface area contributed by atoms with Crippen molar-refractivity contribution in [3.8, 4) is 0 Å². The molecule has 1 aliphatic rings. The van der Waals surface area contributed by atoms with Crippen LogP contribution in [0.2, 0.25) is 0 Å². The zero-order chi connectivity index (χ0) is 13.2. The molecule has 0 unspecified atom stereocenters. The van der Waals surface area contributed by atoms with Crippen molar-refractivity contribution in [1.82, 2.24) is 14.9 Å². The van der Waals surface area contributed by atoms with Gasteiger partial charge in [-0.1, -0.05) is 0 Å². The first kappa shape index (κ1) is 12.0. The highest BCUT2D eigenvalue weighted by Gasteiger charge is 2.20. The summed E-state index contributed by atoms with van der Waals surface area (Å²) in [6.45, 7) is 3.47. The molecule has 19 heavy (non-hydrogen) atoms. The Morgan fingerprint density at radius 1 is 1.63 bits per heavy atom. The minimum absolute atomic E-state index is 0.126. The molecule has 0 fully saturated rings. The predicted molar refractivity (Wildman–Crippen MR) is 69.8 cm³/mol. The molecule has 0 bridgehead atoms. The van der Waals surface area contributed by atoms with E-state index in [-0.39, 0.29) is 5.91 Å². The Hall–Kier alpha value is -2.04. The van der Waals surface area contributed by atoms with Gasteiger partial charge in [0.15, 0.2) is 5.76 Å². The monoisotopic (exact) mass is 259 g/mol. The van der Waals surface area contributed by atoms with Gasteiger partial charge in [-0.2, -0.15) is 0 Å². The third kappa shape index (κ3) is 2.41. The van der Waals surface area contributed by atoms with Crippen LogP contribution in [-0.2, 0) is 13.0 Å². The summed E-state index contributed by atoms with van der Waals surface area (Å²) in [4.78, 5) is 16.2. The van der Waals surface area contributed by atoms with E-state index in [0.29, 0.717) is 18.2 Å². The first-order chi connectivity index (χ1) is 9.24. The first-order valence-electron chi connectivity index (χ1n) is 6.56. The highest BCUT2D eigenvalue weighted by molar-refractivity contribution is 5.92. The van der Waals surface area contributed by atoms with E-state index in [1.807, 2.05) is 19.3 Å². The van der Waals surface area contributed by atoms with E-state index in [1.54, 1.807) is 12.3 Å². The number of hydrogen-bond acceptors (Lipinski definition) is 3. The van der Waals surface area contributed by atoms with E-state index in [4.69, 9.17) is 4.42 Å². The molecule has 1 N–H and O–H groups in total. The normalized spacial score (nSPS) is 18.1. The molecule has 3 heterocycles. The van der Waals surface area contributed by atoms with E-state index in [9.17, 15) is 4.79 Å². The van der Waals surface area contributed by atoms with Crippen molar-refractivity contribution >= 4 is 5.91 Å². The number of hydrogen-bond donors (Lipinski definition) is 1. The Morgan fingerprint density at radius 2 is 2.53 bits per heavy atom. The standard InChI is InChI=1S/C14H17N3O2/c1-10-4-7-19-13(10)14(18)16-8-11-2-3-12-15-5-6-17(12)9-11/h4-7,11H,2-3,8-9H2,1H3,(H,16,18)/t11-/m1/s1. The van der Waals surface area contributed by atoms with Gasteiger partial charge in [0.05, 0.1) is 6.26 Å². The third-order valence-electron chi connectivity index (χ3n) is 3.65. The third-order valence-corrected chi connectivity index (χ3v) is 3.65. The van der Waals surface area contributed by atoms with Crippen LogP contribution in [0.25, 0.3) is 0 Å². The maximum atomic E-state index is 11.9. The Kier molecular flexibility index (Phi) is 3.11. The van der Waals surface area contributed by atoms with Crippen molar-refractivity contribution < 1.29 is 9.21 Å². The number of aryl methyl sites for hydroxylation is 2. The Labute approximate surface area is 111 Å². The number of imidazole rings is 1. The number of rotatable bonds is 3. The van der Waals surface area contributed by atoms with Crippen LogP contribution in [0.5, 0.6) is 0 Å². The summed E-state index contributed by atoms with van der Waals surface area (Å²) >= 11 is 0. The summed E-state index contributed by atoms with van der Waals surface area (Å²) in [5, 5.41) is 2.95. The van der Waals surface area contributed by atoms with Crippen LogP contribution in [-0.4, -0.2) is 22.0 Å². The molecular formula is C14H17N3O2. The number of fused-ring (bicyclic) bond motifs is 1. The molecule has 0 radical (unpaired) electrons. The van der Waals surface area contributed by atoms with Gasteiger partial charge in [-0.3, -0.25) is 4.79 Å². The fourth-order valence-corrected chi connectivity index (χ4v) is 2.53. The lowest BCUT2D eigenvalue weighted by Gasteiger charge is -2.23. The van der Waals surface area contributed by atoms with E-state index in [2.05, 4.69) is 14.9 Å². The summed E-state index contributed by atoms with van der Waals surface area (Å²) in [7, 11) is 0. The maximum absolute atomic E-state index is 11.9. The van der Waals surface area contributed by atoms with Crippen molar-refractivity contribution in [3.63, 3.8) is 0 Å². The summed E-state index contributed by atoms with van der Waals surface area (Å²) in [5.74, 6) is 1.89. The second kappa shape index (κ2) is 4.91. The van der Waals surface area contributed by atoms with Crippen LogP contribution in [0, 0.1) is 12.8 Å². The Morgan fingerprint density at radius 3 is 3.32 bits per heavy atom. The summed E-state index contributed by atoms with van der Waals surface area (Å²) < 4.78 is 7.35. The van der Waals surface area contributed by atoms with Gasteiger partial charge in [0.2, 0.25) is 0 Å². The maximum Gasteiger partial charge on any atom is 0.287 e. The summed E-state index contributed by atoms with van der Waals surface area (Å²) in [5.41, 5.74) is 0.873. The molecule has 1 aliphatic heterocycles. The fraction of sp³-hybridized carbons (Fsp3) is 0.429. The molecule has 0 spiro atoms. The summed E-state index contributed by atoms with van der Waals surface area (Å²) in [6.07, 6.45) is 7.42. The lowest BCUT2D eigenvalue weighted by atomic mass is 9.99. The van der Waals surface area contributed by atoms with E-state index < -0.39 is 0 Å². The Bertz CT molecular complexity index is 585. The van der Waals surface area contributed by atoms with Gasteiger partial charge in [0.1, 0.15) is 5.82 Å². The number of nitrogens with zero attached hydrogens (tertiary/aromatic N) is 2. The predicted octanol–water partition coefficient (Wildman–Crippen LogP) is 1.78. The molecule has 100 valence electrons. The molecule has 0 aromatic carbocycles. The van der Waals surface area contributed by atoms with Crippen LogP contribution >= 0.6 is 0 Å². The Balaban J connectivity index is 1.56. The minimum Gasteiger partial charge on any atom is -0.459 e. The zero-order valence-corrected chi connectivity index (χ0v) is 10.9. The van der Waals surface area contributed by atoms with Gasteiger partial charge in [-0.25, -0.2) is 4.98 Å². The lowest BCUT2D eigenvalue weighted by Crippen LogP contribution is -2.33. The zero-order valence-electron chi connectivity index (χ0n) is 10.9. The molecular weight excluding hydrogens is 242 g/mol. The van der Waals surface area contributed by atoms with E-state index in [0.717, 1.165) is 30.8 Å². The molecule has 0 saturated carbocycles. The van der Waals surface area contributed by atoms with Crippen LogP contribution in [0.4, 0.5) is 0 Å². The van der Waals surface area contributed by atoms with Crippen molar-refractivity contribution in [2.75, 3.05) is 6.54 Å². The van der Waals surface area contributed by atoms with Crippen LogP contribution < -0.4 is 5.32 Å². The number of carbonyl (C=O) groups excluding carboxylic acids is 1. The highest BCUT2D eigenvalue weighted by Crippen LogP contribution is 2.18. The number of nitrogens with one attached hydrogen (secondary N) is 1. The molecule has 5 nitrogen and oxygen atoms in total. The van der Waals surface area contributed by atoms with E-state index >= 15 is 0 Å². The highest BCUT2D eigenvalue weighted by atomic mass is 16.3. The summed E-state index contributed by atoms with van der Waals surface area (Å²) in [6, 6.07) is 1.80. The van der Waals surface area contributed by atoms with Crippen LogP contribution in [0.15, 0.2) is 29.1 Å². The fourth-order valence-electron chi connectivity index (χ4n) is 2.53. The molecule has 2 aromatic heterocycles. The molecule has 0 aliphatic carbocycles. The second-order valence-electron chi connectivity index (χ2n) is 5.04. The largest absolute Gasteiger partial charge is 0.459 e. The molecule has 2 aromatic rings. The minimum atomic E-state index is -0.126. The lowest BCUT2D eigenvalue weighted by molar-refractivity contribution is 0.0915. The average molecular weight is 259 g/mol. The topological polar surface area (TPSA) is 60.1 Å². The number of amides is 1. The van der Waals surface area contributed by atoms with Gasteiger partial charge >= 0.3 is 0 Å². The van der Waals surface area contributed by atoms with Gasteiger partial charge in [0, 0.05) is 37.5 Å². The first-order valence-corrected chi connectivity index (χ1v) is 6.56. The van der Waals surface area contributed by atoms with Gasteiger partial charge in [0.25, 0.3) is 5.91 Å². The quantitative estimate of drug-likeness (QED) is 0.914. The molecule has 5 heteroatoms. The average Bonchev–Trinajstić information content (AvgIpc) is 3.03. The number of aromatic nitrogens is 2. The molecule has 1 atom stereocenters. The smallest absolute Gasteiger partial charge is 0.287 e. The van der Waals surface area contributed by atoms with E-state index in [1.165, 1.54) is 0 Å².